The minimum absolute atomic E-state index is 0.167. The molecule has 0 aliphatic carbocycles. The van der Waals surface area contributed by atoms with E-state index in [2.05, 4.69) is 4.74 Å². The number of carbonyl (C=O) groups is 3. The van der Waals surface area contributed by atoms with Gasteiger partial charge in [0.1, 0.15) is 11.2 Å². The lowest BCUT2D eigenvalue weighted by Gasteiger charge is -2.30. The summed E-state index contributed by atoms with van der Waals surface area (Å²) in [5.74, 6) is -0.793. The lowest BCUT2D eigenvalue weighted by atomic mass is 10.2. The number of nitrogens with zero attached hydrogens (tertiary/aromatic N) is 2. The molecule has 1 aliphatic heterocycles. The van der Waals surface area contributed by atoms with E-state index in [1.807, 2.05) is 0 Å². The largest absolute Gasteiger partial charge is 0.464 e. The molecule has 0 aromatic carbocycles. The summed E-state index contributed by atoms with van der Waals surface area (Å²) in [5.41, 5.74) is -1.61. The molecule has 0 saturated carbocycles. The van der Waals surface area contributed by atoms with Crippen LogP contribution in [0.15, 0.2) is 24.3 Å². The molecule has 8 nitrogen and oxygen atoms in total. The van der Waals surface area contributed by atoms with Crippen molar-refractivity contribution >= 4 is 18.2 Å². The van der Waals surface area contributed by atoms with Crippen LogP contribution in [-0.2, 0) is 19.0 Å². The van der Waals surface area contributed by atoms with Gasteiger partial charge in [0.15, 0.2) is 5.70 Å². The summed E-state index contributed by atoms with van der Waals surface area (Å²) in [6.07, 6.45) is 2.24. The first kappa shape index (κ1) is 19.5. The highest BCUT2D eigenvalue weighted by Gasteiger charge is 2.32. The number of esters is 1. The summed E-state index contributed by atoms with van der Waals surface area (Å²) in [6.45, 7) is 10.3. The van der Waals surface area contributed by atoms with Crippen molar-refractivity contribution in [3.8, 4) is 0 Å². The predicted octanol–water partition coefficient (Wildman–Crippen LogP) is 2.96. The second kappa shape index (κ2) is 6.94. The molecule has 134 valence electrons. The molecule has 2 amide bonds. The zero-order valence-corrected chi connectivity index (χ0v) is 15.1. The molecule has 24 heavy (non-hydrogen) atoms. The van der Waals surface area contributed by atoms with Gasteiger partial charge in [0, 0.05) is 18.6 Å². The van der Waals surface area contributed by atoms with Gasteiger partial charge >= 0.3 is 18.2 Å². The Bertz CT molecular complexity index is 580. The van der Waals surface area contributed by atoms with Crippen molar-refractivity contribution in [2.45, 2.75) is 52.7 Å². The van der Waals surface area contributed by atoms with E-state index in [1.54, 1.807) is 41.5 Å². The first-order chi connectivity index (χ1) is 10.8. The average molecular weight is 340 g/mol. The van der Waals surface area contributed by atoms with E-state index >= 15 is 0 Å². The third kappa shape index (κ3) is 5.60. The van der Waals surface area contributed by atoms with Crippen LogP contribution >= 0.6 is 0 Å². The Morgan fingerprint density at radius 3 is 1.83 bits per heavy atom. The second-order valence-corrected chi connectivity index (χ2v) is 7.04. The summed E-state index contributed by atoms with van der Waals surface area (Å²) >= 11 is 0. The van der Waals surface area contributed by atoms with E-state index in [0.29, 0.717) is 0 Å². The van der Waals surface area contributed by atoms with Crippen LogP contribution in [0.3, 0.4) is 0 Å². The van der Waals surface area contributed by atoms with Gasteiger partial charge in [-0.1, -0.05) is 0 Å². The van der Waals surface area contributed by atoms with Crippen molar-refractivity contribution in [2.24, 2.45) is 0 Å². The van der Waals surface area contributed by atoms with Crippen molar-refractivity contribution < 1.29 is 28.6 Å². The first-order valence-electron chi connectivity index (χ1n) is 7.36. The molecule has 0 spiro atoms. The summed E-state index contributed by atoms with van der Waals surface area (Å²) in [7, 11) is 1.17. The number of hydrogen-bond acceptors (Lipinski definition) is 6. The third-order valence-electron chi connectivity index (χ3n) is 2.49. The fourth-order valence-electron chi connectivity index (χ4n) is 1.61. The van der Waals surface area contributed by atoms with E-state index in [0.717, 1.165) is 16.0 Å². The van der Waals surface area contributed by atoms with Gasteiger partial charge in [-0.15, -0.1) is 0 Å². The van der Waals surface area contributed by atoms with Crippen LogP contribution in [0.1, 0.15) is 41.5 Å². The van der Waals surface area contributed by atoms with Crippen molar-refractivity contribution in [1.29, 1.82) is 0 Å². The molecular formula is C16H24N2O6. The van der Waals surface area contributed by atoms with Crippen LogP contribution in [0.25, 0.3) is 0 Å². The average Bonchev–Trinajstić information content (AvgIpc) is 2.42. The molecule has 1 heterocycles. The minimum atomic E-state index is -0.793. The van der Waals surface area contributed by atoms with Crippen LogP contribution in [-0.4, -0.2) is 46.3 Å². The van der Waals surface area contributed by atoms with Gasteiger partial charge in [-0.3, -0.25) is 4.90 Å². The Morgan fingerprint density at radius 1 is 0.875 bits per heavy atom. The Kier molecular flexibility index (Phi) is 5.65. The van der Waals surface area contributed by atoms with Crippen LogP contribution in [0.4, 0.5) is 9.59 Å². The highest BCUT2D eigenvalue weighted by atomic mass is 16.6. The molecule has 1 rings (SSSR count). The normalized spacial score (nSPS) is 14.9. The minimum Gasteiger partial charge on any atom is -0.464 e. The quantitative estimate of drug-likeness (QED) is 0.539. The van der Waals surface area contributed by atoms with Crippen LogP contribution in [0.2, 0.25) is 0 Å². The molecule has 1 aliphatic rings. The third-order valence-corrected chi connectivity index (χ3v) is 2.49. The number of methoxy groups -OCH3 is 1. The molecule has 8 heteroatoms. The molecular weight excluding hydrogens is 316 g/mol. The van der Waals surface area contributed by atoms with Gasteiger partial charge in [-0.2, -0.15) is 0 Å². The van der Waals surface area contributed by atoms with E-state index in [4.69, 9.17) is 9.47 Å². The number of amides is 2. The highest BCUT2D eigenvalue weighted by molar-refractivity contribution is 5.93. The number of ether oxygens (including phenoxy) is 3. The molecule has 0 bridgehead atoms. The van der Waals surface area contributed by atoms with Crippen molar-refractivity contribution in [1.82, 2.24) is 9.80 Å². The van der Waals surface area contributed by atoms with Crippen molar-refractivity contribution in [3.05, 3.63) is 24.3 Å². The van der Waals surface area contributed by atoms with Crippen LogP contribution < -0.4 is 0 Å². The van der Waals surface area contributed by atoms with Crippen LogP contribution in [0, 0.1) is 0 Å². The molecule has 0 radical (unpaired) electrons. The molecule has 0 aromatic rings. The maximum Gasteiger partial charge on any atom is 0.419 e. The zero-order valence-electron chi connectivity index (χ0n) is 15.1. The maximum atomic E-state index is 12.2. The summed E-state index contributed by atoms with van der Waals surface area (Å²) in [6, 6.07) is 0. The second-order valence-electron chi connectivity index (χ2n) is 7.04. The van der Waals surface area contributed by atoms with Crippen molar-refractivity contribution in [2.75, 3.05) is 7.11 Å². The number of carbonyl (C=O) groups excluding carboxylic acids is 3. The standard InChI is InChI=1S/C16H24N2O6/c1-15(2,3)23-13(20)17-8-9-18(11(10-17)12(19)22-7)14(21)24-16(4,5)6/h8-10H,1-7H3. The van der Waals surface area contributed by atoms with Crippen molar-refractivity contribution in [3.63, 3.8) is 0 Å². The summed E-state index contributed by atoms with van der Waals surface area (Å²) in [5, 5.41) is 0. The molecule has 0 saturated heterocycles. The van der Waals surface area contributed by atoms with Gasteiger partial charge in [0.25, 0.3) is 0 Å². The summed E-state index contributed by atoms with van der Waals surface area (Å²) < 4.78 is 15.1. The monoisotopic (exact) mass is 340 g/mol. The highest BCUT2D eigenvalue weighted by Crippen LogP contribution is 2.21. The molecule has 0 atom stereocenters. The smallest absolute Gasteiger partial charge is 0.419 e. The Balaban J connectivity index is 3.05. The molecule has 0 unspecified atom stereocenters. The SMILES string of the molecule is COC(=O)C1=CN(C(=O)OC(C)(C)C)C=CN1C(=O)OC(C)(C)C. The predicted molar refractivity (Wildman–Crippen MR) is 85.4 cm³/mol. The summed E-state index contributed by atoms with van der Waals surface area (Å²) in [4.78, 5) is 38.3. The Labute approximate surface area is 141 Å². The lowest BCUT2D eigenvalue weighted by Crippen LogP contribution is -2.40. The topological polar surface area (TPSA) is 85.4 Å². The van der Waals surface area contributed by atoms with Crippen LogP contribution in [0.5, 0.6) is 0 Å². The fraction of sp³-hybridized carbons (Fsp3) is 0.562. The molecule has 0 N–H and O–H groups in total. The van der Waals surface area contributed by atoms with E-state index < -0.39 is 29.4 Å². The van der Waals surface area contributed by atoms with Gasteiger partial charge in [0.2, 0.25) is 0 Å². The van der Waals surface area contributed by atoms with E-state index in [-0.39, 0.29) is 5.70 Å². The number of hydrogen-bond donors (Lipinski definition) is 0. The van der Waals surface area contributed by atoms with Gasteiger partial charge in [-0.05, 0) is 41.5 Å². The molecule has 0 aromatic heterocycles. The Morgan fingerprint density at radius 2 is 1.38 bits per heavy atom. The van der Waals surface area contributed by atoms with Gasteiger partial charge in [0.05, 0.1) is 7.11 Å². The lowest BCUT2D eigenvalue weighted by molar-refractivity contribution is -0.137. The van der Waals surface area contributed by atoms with Gasteiger partial charge < -0.3 is 14.2 Å². The van der Waals surface area contributed by atoms with E-state index in [1.165, 1.54) is 19.5 Å². The zero-order chi connectivity index (χ0) is 18.7. The van der Waals surface area contributed by atoms with E-state index in [9.17, 15) is 14.4 Å². The number of rotatable bonds is 1. The fourth-order valence-corrected chi connectivity index (χ4v) is 1.61. The molecule has 0 fully saturated rings. The van der Waals surface area contributed by atoms with Gasteiger partial charge in [-0.25, -0.2) is 19.3 Å². The first-order valence-corrected chi connectivity index (χ1v) is 7.36. The Hall–Kier alpha value is -2.51. The maximum absolute atomic E-state index is 12.2.